The summed E-state index contributed by atoms with van der Waals surface area (Å²) < 4.78 is 0. The van der Waals surface area contributed by atoms with E-state index in [9.17, 15) is 0 Å². The Morgan fingerprint density at radius 3 is 1.38 bits per heavy atom. The predicted molar refractivity (Wildman–Crippen MR) is 218 cm³/mol. The largest absolute Gasteiger partial charge is 0.0622 e. The molecule has 2 aliphatic carbocycles. The van der Waals surface area contributed by atoms with Crippen molar-refractivity contribution in [3.05, 3.63) is 228 Å². The van der Waals surface area contributed by atoms with E-state index >= 15 is 0 Å². The first-order chi connectivity index (χ1) is 25.8. The maximum absolute atomic E-state index is 2.39. The molecular formula is C52H34. The second-order valence-corrected chi connectivity index (χ2v) is 14.3. The average molecular weight is 659 g/mol. The fraction of sp³-hybridized carbons (Fsp3) is 0.0385. The highest BCUT2D eigenvalue weighted by Gasteiger charge is 2.41. The van der Waals surface area contributed by atoms with Crippen molar-refractivity contribution in [1.29, 1.82) is 0 Å². The minimum atomic E-state index is 0.121. The fourth-order valence-electron chi connectivity index (χ4n) is 9.46. The molecule has 0 heterocycles. The molecule has 0 saturated carbocycles. The predicted octanol–water partition coefficient (Wildman–Crippen LogP) is 13.6. The maximum Gasteiger partial charge on any atom is 0.0355 e. The molecule has 242 valence electrons. The average Bonchev–Trinajstić information content (AvgIpc) is 3.75. The summed E-state index contributed by atoms with van der Waals surface area (Å²) in [6, 6.07) is 72.2. The number of fused-ring (bicyclic) bond motifs is 11. The summed E-state index contributed by atoms with van der Waals surface area (Å²) in [7, 11) is 0. The molecule has 0 aliphatic heterocycles. The third kappa shape index (κ3) is 4.28. The molecule has 11 rings (SSSR count). The molecule has 0 heteroatoms. The van der Waals surface area contributed by atoms with E-state index in [0.29, 0.717) is 0 Å². The van der Waals surface area contributed by atoms with Crippen LogP contribution in [0.4, 0.5) is 0 Å². The van der Waals surface area contributed by atoms with Gasteiger partial charge in [0.15, 0.2) is 0 Å². The molecule has 0 aromatic heterocycles. The van der Waals surface area contributed by atoms with Gasteiger partial charge >= 0.3 is 0 Å². The highest BCUT2D eigenvalue weighted by atomic mass is 14.4. The zero-order valence-corrected chi connectivity index (χ0v) is 28.6. The second-order valence-electron chi connectivity index (χ2n) is 14.3. The third-order valence-electron chi connectivity index (χ3n) is 11.6. The Bertz CT molecular complexity index is 2830. The number of hydrogen-bond donors (Lipinski definition) is 0. The highest BCUT2D eigenvalue weighted by molar-refractivity contribution is 6.12. The van der Waals surface area contributed by atoms with Crippen LogP contribution in [-0.4, -0.2) is 0 Å². The summed E-state index contributed by atoms with van der Waals surface area (Å²) in [6.07, 6.45) is 0. The van der Waals surface area contributed by atoms with Gasteiger partial charge in [-0.25, -0.2) is 0 Å². The molecule has 9 aromatic rings. The molecule has 0 nitrogen and oxygen atoms in total. The number of hydrogen-bond acceptors (Lipinski definition) is 0. The second kappa shape index (κ2) is 11.5. The van der Waals surface area contributed by atoms with Crippen molar-refractivity contribution in [1.82, 2.24) is 0 Å². The van der Waals surface area contributed by atoms with Crippen LogP contribution in [0.1, 0.15) is 45.2 Å². The smallest absolute Gasteiger partial charge is 0.0355 e. The van der Waals surface area contributed by atoms with Crippen LogP contribution in [0.5, 0.6) is 0 Å². The van der Waals surface area contributed by atoms with Gasteiger partial charge in [-0.15, -0.1) is 0 Å². The molecule has 0 fully saturated rings. The Morgan fingerprint density at radius 2 is 0.769 bits per heavy atom. The summed E-state index contributed by atoms with van der Waals surface area (Å²) in [4.78, 5) is 0. The molecule has 2 unspecified atom stereocenters. The molecule has 0 spiro atoms. The van der Waals surface area contributed by atoms with Crippen molar-refractivity contribution in [2.24, 2.45) is 0 Å². The van der Waals surface area contributed by atoms with Gasteiger partial charge in [-0.3, -0.25) is 0 Å². The van der Waals surface area contributed by atoms with E-state index in [1.54, 1.807) is 0 Å². The summed E-state index contributed by atoms with van der Waals surface area (Å²) >= 11 is 0. The Balaban J connectivity index is 1.14. The lowest BCUT2D eigenvalue weighted by atomic mass is 9.78. The molecule has 0 saturated heterocycles. The van der Waals surface area contributed by atoms with Crippen molar-refractivity contribution in [3.8, 4) is 44.5 Å². The molecule has 0 bridgehead atoms. The van der Waals surface area contributed by atoms with E-state index in [1.165, 1.54) is 99.4 Å². The summed E-state index contributed by atoms with van der Waals surface area (Å²) in [6.45, 7) is 0. The van der Waals surface area contributed by atoms with Crippen molar-refractivity contribution in [2.75, 3.05) is 0 Å². The first-order valence-electron chi connectivity index (χ1n) is 18.3. The SMILES string of the molecule is c1ccc(-c2cc(-c3ccc(C4c5ccccc5-c5c4c4c(c6ccccc56)-c5ccccc5C4c4ccccc4)cc3)cc3ccccc23)cc1. The van der Waals surface area contributed by atoms with Gasteiger partial charge in [0.2, 0.25) is 0 Å². The standard InChI is InChI=1S/C52H34/c1-3-15-34(16-4-1)46-32-38(31-37-19-7-8-20-39(37)46)33-27-29-36(30-28-33)48-41-22-10-12-24-43(41)50-45-26-14-13-25-44(45)49-42-23-11-9-21-40(42)47(51(49)52(48)50)35-17-5-2-6-18-35/h1-32,47-48H. The topological polar surface area (TPSA) is 0 Å². The lowest BCUT2D eigenvalue weighted by molar-refractivity contribution is 0.940. The zero-order chi connectivity index (χ0) is 34.2. The normalized spacial score (nSPS) is 15.3. The van der Waals surface area contributed by atoms with Gasteiger partial charge in [0.25, 0.3) is 0 Å². The van der Waals surface area contributed by atoms with E-state index in [-0.39, 0.29) is 11.8 Å². The molecule has 0 N–H and O–H groups in total. The van der Waals surface area contributed by atoms with Crippen molar-refractivity contribution < 1.29 is 0 Å². The van der Waals surface area contributed by atoms with Gasteiger partial charge in [0.05, 0.1) is 0 Å². The van der Waals surface area contributed by atoms with E-state index in [1.807, 2.05) is 0 Å². The zero-order valence-electron chi connectivity index (χ0n) is 28.6. The van der Waals surface area contributed by atoms with Gasteiger partial charge < -0.3 is 0 Å². The van der Waals surface area contributed by atoms with Crippen LogP contribution in [0.2, 0.25) is 0 Å². The van der Waals surface area contributed by atoms with Crippen LogP contribution < -0.4 is 0 Å². The highest BCUT2D eigenvalue weighted by Crippen LogP contribution is 2.61. The molecular weight excluding hydrogens is 625 g/mol. The molecule has 0 amide bonds. The van der Waals surface area contributed by atoms with Crippen LogP contribution in [0.25, 0.3) is 66.1 Å². The van der Waals surface area contributed by atoms with Crippen molar-refractivity contribution in [2.45, 2.75) is 11.8 Å². The van der Waals surface area contributed by atoms with E-state index in [4.69, 9.17) is 0 Å². The minimum Gasteiger partial charge on any atom is -0.0622 e. The van der Waals surface area contributed by atoms with Gasteiger partial charge in [-0.1, -0.05) is 182 Å². The Hall–Kier alpha value is -6.50. The van der Waals surface area contributed by atoms with Crippen LogP contribution in [0, 0.1) is 0 Å². The van der Waals surface area contributed by atoms with Gasteiger partial charge in [-0.05, 0) is 112 Å². The minimum absolute atomic E-state index is 0.121. The molecule has 2 atom stereocenters. The van der Waals surface area contributed by atoms with E-state index in [2.05, 4.69) is 194 Å². The summed E-state index contributed by atoms with van der Waals surface area (Å²) in [5, 5.41) is 5.23. The monoisotopic (exact) mass is 658 g/mol. The lowest BCUT2D eigenvalue weighted by Crippen LogP contribution is -2.08. The van der Waals surface area contributed by atoms with Crippen LogP contribution in [-0.2, 0) is 0 Å². The van der Waals surface area contributed by atoms with Crippen molar-refractivity contribution in [3.63, 3.8) is 0 Å². The van der Waals surface area contributed by atoms with Crippen LogP contribution >= 0.6 is 0 Å². The first-order valence-corrected chi connectivity index (χ1v) is 18.3. The van der Waals surface area contributed by atoms with E-state index in [0.717, 1.165) is 0 Å². The van der Waals surface area contributed by atoms with Crippen LogP contribution in [0.15, 0.2) is 194 Å². The van der Waals surface area contributed by atoms with Gasteiger partial charge in [0, 0.05) is 11.8 Å². The fourth-order valence-corrected chi connectivity index (χ4v) is 9.46. The molecule has 9 aromatic carbocycles. The van der Waals surface area contributed by atoms with E-state index < -0.39 is 0 Å². The molecule has 52 heavy (non-hydrogen) atoms. The maximum atomic E-state index is 2.39. The Morgan fingerprint density at radius 1 is 0.288 bits per heavy atom. The summed E-state index contributed by atoms with van der Waals surface area (Å²) in [5.41, 5.74) is 18.9. The van der Waals surface area contributed by atoms with Gasteiger partial charge in [0.1, 0.15) is 0 Å². The Kier molecular flexibility index (Phi) is 6.48. The number of benzene rings is 9. The quantitative estimate of drug-likeness (QED) is 0.177. The molecule has 2 aliphatic rings. The van der Waals surface area contributed by atoms with Gasteiger partial charge in [-0.2, -0.15) is 0 Å². The summed E-state index contributed by atoms with van der Waals surface area (Å²) in [5.74, 6) is 0.284. The first kappa shape index (κ1) is 29.3. The Labute approximate surface area is 304 Å². The molecule has 0 radical (unpaired) electrons. The van der Waals surface area contributed by atoms with Crippen LogP contribution in [0.3, 0.4) is 0 Å². The number of rotatable bonds is 4. The lowest BCUT2D eigenvalue weighted by Gasteiger charge is -2.24. The third-order valence-corrected chi connectivity index (χ3v) is 11.6. The van der Waals surface area contributed by atoms with Crippen molar-refractivity contribution >= 4 is 21.5 Å².